The average molecular weight is 127 g/mol. The normalized spacial score (nSPS) is 7.56. The zero-order chi connectivity index (χ0) is 7.28. The van der Waals surface area contributed by atoms with Gasteiger partial charge in [0.15, 0.2) is 0 Å². The molecule has 48 valence electrons. The van der Waals surface area contributed by atoms with Crippen molar-refractivity contribution in [1.82, 2.24) is 0 Å². The van der Waals surface area contributed by atoms with Gasteiger partial charge < -0.3 is 5.11 Å². The van der Waals surface area contributed by atoms with Crippen molar-refractivity contribution >= 4 is 5.97 Å². The molecule has 0 aromatic carbocycles. The highest BCUT2D eigenvalue weighted by atomic mass is 16.4. The first-order chi connectivity index (χ1) is 4.18. The summed E-state index contributed by atoms with van der Waals surface area (Å²) in [5.41, 5.74) is 7.62. The summed E-state index contributed by atoms with van der Waals surface area (Å²) in [7, 11) is 0. The maximum atomic E-state index is 9.92. The SMILES string of the molecule is C=C(CN=[N+]=[N-])C(=O)O. The van der Waals surface area contributed by atoms with E-state index in [9.17, 15) is 4.79 Å². The number of carboxylic acids is 1. The third-order valence-electron chi connectivity index (χ3n) is 0.627. The molecule has 0 bridgehead atoms. The molecule has 0 radical (unpaired) electrons. The number of aliphatic carboxylic acids is 1. The van der Waals surface area contributed by atoms with Gasteiger partial charge in [-0.15, -0.1) is 0 Å². The fourth-order valence-corrected chi connectivity index (χ4v) is 0.185. The van der Waals surface area contributed by atoms with E-state index in [-0.39, 0.29) is 12.1 Å². The third kappa shape index (κ3) is 3.13. The molecule has 5 heteroatoms. The Morgan fingerprint density at radius 2 is 2.44 bits per heavy atom. The Balaban J connectivity index is 3.78. The third-order valence-corrected chi connectivity index (χ3v) is 0.627. The highest BCUT2D eigenvalue weighted by Crippen LogP contribution is 1.89. The first-order valence-corrected chi connectivity index (χ1v) is 2.10. The smallest absolute Gasteiger partial charge is 0.331 e. The van der Waals surface area contributed by atoms with E-state index < -0.39 is 5.97 Å². The second-order valence-electron chi connectivity index (χ2n) is 1.30. The lowest BCUT2D eigenvalue weighted by Gasteiger charge is -1.88. The van der Waals surface area contributed by atoms with Crippen LogP contribution in [-0.4, -0.2) is 17.6 Å². The van der Waals surface area contributed by atoms with Crippen LogP contribution < -0.4 is 0 Å². The number of hydrogen-bond acceptors (Lipinski definition) is 2. The number of rotatable bonds is 3. The Hall–Kier alpha value is -1.48. The Labute approximate surface area is 51.2 Å². The topological polar surface area (TPSA) is 86.1 Å². The van der Waals surface area contributed by atoms with E-state index >= 15 is 0 Å². The molecule has 0 saturated heterocycles. The molecule has 9 heavy (non-hydrogen) atoms. The summed E-state index contributed by atoms with van der Waals surface area (Å²) in [5, 5.41) is 11.1. The summed E-state index contributed by atoms with van der Waals surface area (Å²) >= 11 is 0. The average Bonchev–Trinajstić information content (AvgIpc) is 1.82. The number of carbonyl (C=O) groups is 1. The number of nitrogens with zero attached hydrogens (tertiary/aromatic N) is 3. The first kappa shape index (κ1) is 7.52. The van der Waals surface area contributed by atoms with Crippen molar-refractivity contribution in [2.45, 2.75) is 0 Å². The predicted molar refractivity (Wildman–Crippen MR) is 30.8 cm³/mol. The van der Waals surface area contributed by atoms with Crippen molar-refractivity contribution in [3.8, 4) is 0 Å². The van der Waals surface area contributed by atoms with Crippen LogP contribution in [0.25, 0.3) is 10.4 Å². The highest BCUT2D eigenvalue weighted by Gasteiger charge is 1.99. The Kier molecular flexibility index (Phi) is 2.94. The van der Waals surface area contributed by atoms with Gasteiger partial charge in [-0.3, -0.25) is 0 Å². The van der Waals surface area contributed by atoms with Crippen molar-refractivity contribution in [2.24, 2.45) is 5.11 Å². The van der Waals surface area contributed by atoms with Gasteiger partial charge >= 0.3 is 5.97 Å². The lowest BCUT2D eigenvalue weighted by atomic mass is 10.3. The van der Waals surface area contributed by atoms with Gasteiger partial charge in [0.25, 0.3) is 0 Å². The standard InChI is InChI=1S/C4H5N3O2/c1-3(4(8)9)2-6-7-5/h1-2H2,(H,8,9). The van der Waals surface area contributed by atoms with Crippen LogP contribution in [0.15, 0.2) is 17.3 Å². The minimum absolute atomic E-state index is 0.104. The summed E-state index contributed by atoms with van der Waals surface area (Å²) in [6.45, 7) is 2.95. The van der Waals surface area contributed by atoms with Gasteiger partial charge in [-0.1, -0.05) is 11.7 Å². The van der Waals surface area contributed by atoms with Crippen molar-refractivity contribution in [3.05, 3.63) is 22.6 Å². The van der Waals surface area contributed by atoms with Crippen LogP contribution in [-0.2, 0) is 4.79 Å². The predicted octanol–water partition coefficient (Wildman–Crippen LogP) is 0.938. The second-order valence-corrected chi connectivity index (χ2v) is 1.30. The Morgan fingerprint density at radius 1 is 1.89 bits per heavy atom. The number of carboxylic acid groups (broad SMARTS) is 1. The lowest BCUT2D eigenvalue weighted by molar-refractivity contribution is -0.132. The monoisotopic (exact) mass is 127 g/mol. The molecule has 0 amide bonds. The molecule has 0 aliphatic rings. The largest absolute Gasteiger partial charge is 0.478 e. The van der Waals surface area contributed by atoms with E-state index in [0.717, 1.165) is 0 Å². The van der Waals surface area contributed by atoms with Crippen molar-refractivity contribution in [2.75, 3.05) is 6.54 Å². The van der Waals surface area contributed by atoms with Gasteiger partial charge in [0.2, 0.25) is 0 Å². The zero-order valence-electron chi connectivity index (χ0n) is 4.61. The van der Waals surface area contributed by atoms with Gasteiger partial charge in [0.1, 0.15) is 0 Å². The Morgan fingerprint density at radius 3 is 2.78 bits per heavy atom. The van der Waals surface area contributed by atoms with Crippen LogP contribution in [0, 0.1) is 0 Å². The molecule has 0 aromatic heterocycles. The molecular weight excluding hydrogens is 122 g/mol. The minimum Gasteiger partial charge on any atom is -0.478 e. The van der Waals surface area contributed by atoms with Crippen LogP contribution in [0.4, 0.5) is 0 Å². The van der Waals surface area contributed by atoms with E-state index in [0.29, 0.717) is 0 Å². The van der Waals surface area contributed by atoms with Gasteiger partial charge in [-0.2, -0.15) is 0 Å². The fourth-order valence-electron chi connectivity index (χ4n) is 0.185. The first-order valence-electron chi connectivity index (χ1n) is 2.10. The molecular formula is C4H5N3O2. The van der Waals surface area contributed by atoms with E-state index in [1.165, 1.54) is 0 Å². The summed E-state index contributed by atoms with van der Waals surface area (Å²) in [6.07, 6.45) is 0. The zero-order valence-corrected chi connectivity index (χ0v) is 4.61. The van der Waals surface area contributed by atoms with E-state index in [1.54, 1.807) is 0 Å². The Bertz CT molecular complexity index is 180. The molecule has 0 aliphatic heterocycles. The van der Waals surface area contributed by atoms with Gasteiger partial charge in [-0.05, 0) is 5.53 Å². The van der Waals surface area contributed by atoms with Crippen LogP contribution in [0.5, 0.6) is 0 Å². The van der Waals surface area contributed by atoms with Crippen LogP contribution >= 0.6 is 0 Å². The number of azide groups is 1. The van der Waals surface area contributed by atoms with Crippen LogP contribution in [0.3, 0.4) is 0 Å². The molecule has 0 atom stereocenters. The highest BCUT2D eigenvalue weighted by molar-refractivity contribution is 5.86. The van der Waals surface area contributed by atoms with Crippen molar-refractivity contribution < 1.29 is 9.90 Å². The van der Waals surface area contributed by atoms with Crippen LogP contribution in [0.2, 0.25) is 0 Å². The molecule has 0 unspecified atom stereocenters. The molecule has 0 heterocycles. The lowest BCUT2D eigenvalue weighted by Crippen LogP contribution is -2.00. The molecule has 0 spiro atoms. The fraction of sp³-hybridized carbons (Fsp3) is 0.250. The molecule has 0 aromatic rings. The molecule has 0 saturated carbocycles. The molecule has 0 rings (SSSR count). The van der Waals surface area contributed by atoms with E-state index in [2.05, 4.69) is 16.6 Å². The maximum Gasteiger partial charge on any atom is 0.331 e. The quantitative estimate of drug-likeness (QED) is 0.264. The summed E-state index contributed by atoms with van der Waals surface area (Å²) in [4.78, 5) is 12.3. The number of hydrogen-bond donors (Lipinski definition) is 1. The van der Waals surface area contributed by atoms with Crippen molar-refractivity contribution in [1.29, 1.82) is 0 Å². The van der Waals surface area contributed by atoms with Crippen molar-refractivity contribution in [3.63, 3.8) is 0 Å². The summed E-state index contributed by atoms with van der Waals surface area (Å²) in [6, 6.07) is 0. The van der Waals surface area contributed by atoms with Gasteiger partial charge in [-0.25, -0.2) is 4.79 Å². The van der Waals surface area contributed by atoms with E-state index in [4.69, 9.17) is 10.6 Å². The molecule has 5 nitrogen and oxygen atoms in total. The molecule has 0 fully saturated rings. The molecule has 0 aliphatic carbocycles. The summed E-state index contributed by atoms with van der Waals surface area (Å²) in [5.74, 6) is -1.14. The summed E-state index contributed by atoms with van der Waals surface area (Å²) < 4.78 is 0. The van der Waals surface area contributed by atoms with Gasteiger partial charge in [0, 0.05) is 10.5 Å². The molecule has 1 N–H and O–H groups in total. The minimum atomic E-state index is -1.14. The van der Waals surface area contributed by atoms with Gasteiger partial charge in [0.05, 0.1) is 6.54 Å². The van der Waals surface area contributed by atoms with Crippen LogP contribution in [0.1, 0.15) is 0 Å². The second kappa shape index (κ2) is 3.51. The maximum absolute atomic E-state index is 9.92. The van der Waals surface area contributed by atoms with E-state index in [1.807, 2.05) is 0 Å².